The molecular formula is C14H25N3O3S. The van der Waals surface area contributed by atoms with Crippen molar-refractivity contribution in [2.45, 2.75) is 56.8 Å². The van der Waals surface area contributed by atoms with Crippen molar-refractivity contribution in [1.29, 1.82) is 0 Å². The van der Waals surface area contributed by atoms with Gasteiger partial charge in [-0.2, -0.15) is 0 Å². The van der Waals surface area contributed by atoms with Gasteiger partial charge >= 0.3 is 0 Å². The van der Waals surface area contributed by atoms with Crippen molar-refractivity contribution in [3.63, 3.8) is 0 Å². The molecule has 1 fully saturated rings. The van der Waals surface area contributed by atoms with Crippen molar-refractivity contribution >= 4 is 10.0 Å². The highest BCUT2D eigenvalue weighted by Gasteiger charge is 2.33. The van der Waals surface area contributed by atoms with Gasteiger partial charge in [0.05, 0.1) is 11.0 Å². The van der Waals surface area contributed by atoms with Gasteiger partial charge in [0.2, 0.25) is 10.0 Å². The SMILES string of the molecule is CCNCc1cc(S(=O)(=O)NC2CC(OC)C2)cn1CC. The van der Waals surface area contributed by atoms with Crippen LogP contribution in [0.5, 0.6) is 0 Å². The van der Waals surface area contributed by atoms with Gasteiger partial charge in [-0.05, 0) is 32.4 Å². The lowest BCUT2D eigenvalue weighted by atomic mass is 9.90. The number of nitrogens with one attached hydrogen (secondary N) is 2. The van der Waals surface area contributed by atoms with Crippen molar-refractivity contribution in [3.8, 4) is 0 Å². The quantitative estimate of drug-likeness (QED) is 0.753. The Morgan fingerprint density at radius 1 is 1.38 bits per heavy atom. The molecule has 7 heteroatoms. The average Bonchev–Trinajstić information content (AvgIpc) is 2.84. The van der Waals surface area contributed by atoms with E-state index in [1.54, 1.807) is 19.4 Å². The lowest BCUT2D eigenvalue weighted by Crippen LogP contribution is -2.47. The normalized spacial score (nSPS) is 22.2. The van der Waals surface area contributed by atoms with Crippen molar-refractivity contribution < 1.29 is 13.2 Å². The van der Waals surface area contributed by atoms with E-state index < -0.39 is 10.0 Å². The van der Waals surface area contributed by atoms with Crippen LogP contribution in [0.3, 0.4) is 0 Å². The minimum absolute atomic E-state index is 0.0119. The predicted molar refractivity (Wildman–Crippen MR) is 81.6 cm³/mol. The van der Waals surface area contributed by atoms with E-state index in [4.69, 9.17) is 4.74 Å². The van der Waals surface area contributed by atoms with Crippen LogP contribution >= 0.6 is 0 Å². The number of methoxy groups -OCH3 is 1. The average molecular weight is 315 g/mol. The van der Waals surface area contributed by atoms with E-state index in [1.165, 1.54) is 0 Å². The molecule has 1 saturated carbocycles. The van der Waals surface area contributed by atoms with E-state index in [9.17, 15) is 8.42 Å². The molecule has 0 spiro atoms. The second-order valence-electron chi connectivity index (χ2n) is 5.38. The number of sulfonamides is 1. The van der Waals surface area contributed by atoms with Gasteiger partial charge in [0.25, 0.3) is 0 Å². The molecule has 2 N–H and O–H groups in total. The van der Waals surface area contributed by atoms with Gasteiger partial charge in [0.15, 0.2) is 0 Å². The highest BCUT2D eigenvalue weighted by atomic mass is 32.2. The van der Waals surface area contributed by atoms with Crippen LogP contribution in [0.1, 0.15) is 32.4 Å². The highest BCUT2D eigenvalue weighted by Crippen LogP contribution is 2.25. The number of rotatable bonds is 8. The van der Waals surface area contributed by atoms with E-state index in [1.807, 2.05) is 18.4 Å². The largest absolute Gasteiger partial charge is 0.381 e. The Balaban J connectivity index is 2.07. The summed E-state index contributed by atoms with van der Waals surface area (Å²) in [5.41, 5.74) is 0.989. The molecule has 0 saturated heterocycles. The Bertz CT molecular complexity index is 562. The summed E-state index contributed by atoms with van der Waals surface area (Å²) in [6.45, 7) is 6.33. The molecule has 6 nitrogen and oxygen atoms in total. The molecule has 0 bridgehead atoms. The molecule has 0 aliphatic heterocycles. The summed E-state index contributed by atoms with van der Waals surface area (Å²) >= 11 is 0. The van der Waals surface area contributed by atoms with E-state index >= 15 is 0 Å². The lowest BCUT2D eigenvalue weighted by Gasteiger charge is -2.34. The fraction of sp³-hybridized carbons (Fsp3) is 0.714. The van der Waals surface area contributed by atoms with Crippen LogP contribution in [0, 0.1) is 0 Å². The van der Waals surface area contributed by atoms with Crippen LogP contribution in [0.4, 0.5) is 0 Å². The molecule has 120 valence electrons. The summed E-state index contributed by atoms with van der Waals surface area (Å²) in [6, 6.07) is 1.74. The molecule has 1 aromatic rings. The van der Waals surface area contributed by atoms with E-state index in [-0.39, 0.29) is 12.1 Å². The second-order valence-corrected chi connectivity index (χ2v) is 7.09. The van der Waals surface area contributed by atoms with Gasteiger partial charge < -0.3 is 14.6 Å². The molecule has 2 rings (SSSR count). The van der Waals surface area contributed by atoms with Crippen LogP contribution in [0.25, 0.3) is 0 Å². The lowest BCUT2D eigenvalue weighted by molar-refractivity contribution is 0.0236. The fourth-order valence-electron chi connectivity index (χ4n) is 2.51. The van der Waals surface area contributed by atoms with E-state index in [0.717, 1.165) is 31.6 Å². The van der Waals surface area contributed by atoms with Crippen molar-refractivity contribution in [2.75, 3.05) is 13.7 Å². The van der Waals surface area contributed by atoms with Crippen molar-refractivity contribution in [3.05, 3.63) is 18.0 Å². The number of ether oxygens (including phenoxy) is 1. The Kier molecular flexibility index (Phi) is 5.43. The maximum atomic E-state index is 12.4. The molecule has 0 atom stereocenters. The number of hydrogen-bond acceptors (Lipinski definition) is 4. The first kappa shape index (κ1) is 16.5. The topological polar surface area (TPSA) is 72.4 Å². The zero-order valence-electron chi connectivity index (χ0n) is 12.9. The molecule has 1 heterocycles. The maximum absolute atomic E-state index is 12.4. The van der Waals surface area contributed by atoms with E-state index in [2.05, 4.69) is 10.0 Å². The van der Waals surface area contributed by atoms with Gasteiger partial charge in [-0.25, -0.2) is 13.1 Å². The zero-order chi connectivity index (χ0) is 15.5. The Labute approximate surface area is 126 Å². The Morgan fingerprint density at radius 2 is 2.10 bits per heavy atom. The predicted octanol–water partition coefficient (Wildman–Crippen LogP) is 1.07. The minimum Gasteiger partial charge on any atom is -0.381 e. The van der Waals surface area contributed by atoms with Crippen LogP contribution < -0.4 is 10.0 Å². The minimum atomic E-state index is -3.44. The van der Waals surface area contributed by atoms with Crippen LogP contribution in [0.15, 0.2) is 17.2 Å². The smallest absolute Gasteiger partial charge is 0.242 e. The second kappa shape index (κ2) is 6.91. The molecule has 1 aromatic heterocycles. The van der Waals surface area contributed by atoms with Gasteiger partial charge in [-0.1, -0.05) is 6.92 Å². The monoisotopic (exact) mass is 315 g/mol. The summed E-state index contributed by atoms with van der Waals surface area (Å²) in [4.78, 5) is 0.345. The van der Waals surface area contributed by atoms with Crippen LogP contribution in [-0.4, -0.2) is 38.8 Å². The Hall–Kier alpha value is -0.890. The van der Waals surface area contributed by atoms with Crippen molar-refractivity contribution in [2.24, 2.45) is 0 Å². The molecule has 0 radical (unpaired) electrons. The highest BCUT2D eigenvalue weighted by molar-refractivity contribution is 7.89. The fourth-order valence-corrected chi connectivity index (χ4v) is 3.83. The summed E-state index contributed by atoms with van der Waals surface area (Å²) in [6.07, 6.45) is 3.38. The van der Waals surface area contributed by atoms with Gasteiger partial charge in [0, 0.05) is 38.1 Å². The standard InChI is InChI=1S/C14H25N3O3S/c1-4-15-9-12-8-14(10-17(12)5-2)21(18,19)16-11-6-13(7-11)20-3/h8,10-11,13,15-16H,4-7,9H2,1-3H3. The number of hydrogen-bond donors (Lipinski definition) is 2. The van der Waals surface area contributed by atoms with Crippen molar-refractivity contribution in [1.82, 2.24) is 14.6 Å². The van der Waals surface area contributed by atoms with Gasteiger partial charge in [-0.15, -0.1) is 0 Å². The first-order chi connectivity index (χ1) is 10.00. The third-order valence-electron chi connectivity index (χ3n) is 3.92. The third-order valence-corrected chi connectivity index (χ3v) is 5.41. The van der Waals surface area contributed by atoms with E-state index in [0.29, 0.717) is 11.4 Å². The van der Waals surface area contributed by atoms with Gasteiger partial charge in [-0.3, -0.25) is 0 Å². The molecule has 0 aromatic carbocycles. The molecule has 21 heavy (non-hydrogen) atoms. The number of aryl methyl sites for hydroxylation is 1. The molecular weight excluding hydrogens is 290 g/mol. The summed E-state index contributed by atoms with van der Waals surface area (Å²) < 4.78 is 34.7. The first-order valence-electron chi connectivity index (χ1n) is 7.45. The Morgan fingerprint density at radius 3 is 2.67 bits per heavy atom. The molecule has 0 amide bonds. The first-order valence-corrected chi connectivity index (χ1v) is 8.93. The third kappa shape index (κ3) is 3.85. The summed E-state index contributed by atoms with van der Waals surface area (Å²) in [5.74, 6) is 0. The number of aromatic nitrogens is 1. The zero-order valence-corrected chi connectivity index (χ0v) is 13.7. The molecule has 0 unspecified atom stereocenters. The van der Waals surface area contributed by atoms with Crippen LogP contribution in [0.2, 0.25) is 0 Å². The summed E-state index contributed by atoms with van der Waals surface area (Å²) in [7, 11) is -1.79. The summed E-state index contributed by atoms with van der Waals surface area (Å²) in [5, 5.41) is 3.23. The number of nitrogens with zero attached hydrogens (tertiary/aromatic N) is 1. The maximum Gasteiger partial charge on any atom is 0.242 e. The van der Waals surface area contributed by atoms with Crippen LogP contribution in [-0.2, 0) is 27.8 Å². The molecule has 1 aliphatic carbocycles. The molecule has 1 aliphatic rings. The van der Waals surface area contributed by atoms with Gasteiger partial charge in [0.1, 0.15) is 0 Å².